The molecule has 180 valence electrons. The van der Waals surface area contributed by atoms with Crippen LogP contribution in [0, 0.1) is 0 Å². The van der Waals surface area contributed by atoms with E-state index in [0.717, 1.165) is 4.57 Å². The quantitative estimate of drug-likeness (QED) is 0.466. The maximum absolute atomic E-state index is 15.9. The van der Waals surface area contributed by atoms with Crippen molar-refractivity contribution in [3.8, 4) is 0 Å². The van der Waals surface area contributed by atoms with Gasteiger partial charge < -0.3 is 19.6 Å². The van der Waals surface area contributed by atoms with Crippen LogP contribution < -0.4 is 11.0 Å². The second-order valence-electron chi connectivity index (χ2n) is 9.51. The lowest BCUT2D eigenvalue weighted by molar-refractivity contribution is -0.0509. The summed E-state index contributed by atoms with van der Waals surface area (Å²) in [6, 6.07) is 9.76. The van der Waals surface area contributed by atoms with E-state index in [2.05, 4.69) is 10.3 Å². The van der Waals surface area contributed by atoms with Crippen LogP contribution in [0.25, 0.3) is 0 Å². The standard InChI is InChI=1S/C22H29ClFN3O5Si/c1-21(2,3)33(4,5)32-17-15(13-28)31-19(22(17,23)24)27-12-11-16(26-20(27)30)25-18(29)14-9-7-6-8-10-14/h6-12,15,17,19,28H,13H2,1-5H3,(H,25,26,29,30)/t15-,17?,19-,22?/m1/s1. The Morgan fingerprint density at radius 3 is 2.52 bits per heavy atom. The van der Waals surface area contributed by atoms with Gasteiger partial charge in [0.2, 0.25) is 0 Å². The van der Waals surface area contributed by atoms with Gasteiger partial charge in [-0.05, 0) is 36.3 Å². The number of aromatic nitrogens is 2. The molecule has 2 N–H and O–H groups in total. The lowest BCUT2D eigenvalue weighted by atomic mass is 10.1. The lowest BCUT2D eigenvalue weighted by Gasteiger charge is -2.40. The number of hydrogen-bond donors (Lipinski definition) is 2. The summed E-state index contributed by atoms with van der Waals surface area (Å²) in [5.74, 6) is -0.451. The highest BCUT2D eigenvalue weighted by atomic mass is 35.5. The first-order valence-electron chi connectivity index (χ1n) is 10.6. The molecule has 1 aliphatic heterocycles. The third-order valence-corrected chi connectivity index (χ3v) is 11.0. The second kappa shape index (κ2) is 9.26. The van der Waals surface area contributed by atoms with Gasteiger partial charge in [-0.2, -0.15) is 4.98 Å². The van der Waals surface area contributed by atoms with Crippen molar-refractivity contribution in [1.29, 1.82) is 0 Å². The SMILES string of the molecule is CC(C)(C)[Si](C)(C)OC1[C@@H](CO)O[C@@H](n2ccc(NC(=O)c3ccccc3)nc2=O)C1(F)Cl. The molecule has 1 aliphatic rings. The number of aliphatic hydroxyl groups excluding tert-OH is 1. The monoisotopic (exact) mass is 497 g/mol. The molecule has 1 aromatic carbocycles. The Kier molecular flexibility index (Phi) is 7.16. The number of halogens is 2. The Morgan fingerprint density at radius 1 is 1.33 bits per heavy atom. The zero-order valence-electron chi connectivity index (χ0n) is 19.2. The predicted octanol–water partition coefficient (Wildman–Crippen LogP) is 3.68. The number of anilines is 1. The van der Waals surface area contributed by atoms with Crippen molar-refractivity contribution in [2.75, 3.05) is 11.9 Å². The van der Waals surface area contributed by atoms with E-state index >= 15 is 4.39 Å². The van der Waals surface area contributed by atoms with Crippen molar-refractivity contribution in [2.24, 2.45) is 0 Å². The number of nitrogens with one attached hydrogen (secondary N) is 1. The Hall–Kier alpha value is -2.11. The summed E-state index contributed by atoms with van der Waals surface area (Å²) in [6.45, 7) is 9.30. The number of aliphatic hydroxyl groups is 1. The van der Waals surface area contributed by atoms with Crippen LogP contribution in [0.15, 0.2) is 47.4 Å². The molecule has 0 aliphatic carbocycles. The van der Waals surface area contributed by atoms with E-state index in [1.54, 1.807) is 30.3 Å². The Bertz CT molecular complexity index is 1060. The minimum Gasteiger partial charge on any atom is -0.406 e. The van der Waals surface area contributed by atoms with E-state index in [-0.39, 0.29) is 10.9 Å². The molecule has 11 heteroatoms. The fourth-order valence-electron chi connectivity index (χ4n) is 3.19. The number of hydrogen-bond acceptors (Lipinski definition) is 6. The molecule has 33 heavy (non-hydrogen) atoms. The molecule has 2 heterocycles. The molecule has 0 radical (unpaired) electrons. The molecule has 0 saturated carbocycles. The maximum Gasteiger partial charge on any atom is 0.351 e. The molecule has 1 aromatic heterocycles. The number of ether oxygens (including phenoxy) is 1. The van der Waals surface area contributed by atoms with Crippen molar-refractivity contribution in [3.63, 3.8) is 0 Å². The lowest BCUT2D eigenvalue weighted by Crippen LogP contribution is -2.52. The molecule has 0 bridgehead atoms. The largest absolute Gasteiger partial charge is 0.406 e. The molecule has 3 rings (SSSR count). The fraction of sp³-hybridized carbons (Fsp3) is 0.500. The first-order chi connectivity index (χ1) is 15.3. The average Bonchev–Trinajstić information content (AvgIpc) is 2.97. The minimum absolute atomic E-state index is 0.00471. The van der Waals surface area contributed by atoms with E-state index in [0.29, 0.717) is 5.56 Å². The van der Waals surface area contributed by atoms with Crippen LogP contribution >= 0.6 is 11.6 Å². The zero-order chi connectivity index (χ0) is 24.6. The zero-order valence-corrected chi connectivity index (χ0v) is 21.0. The van der Waals surface area contributed by atoms with Crippen LogP contribution in [0.4, 0.5) is 10.2 Å². The normalized spacial score (nSPS) is 25.8. The summed E-state index contributed by atoms with van der Waals surface area (Å²) in [7, 11) is -2.49. The van der Waals surface area contributed by atoms with Gasteiger partial charge in [0.1, 0.15) is 18.0 Å². The number of rotatable bonds is 6. The highest BCUT2D eigenvalue weighted by Gasteiger charge is 2.60. The number of nitrogens with zero attached hydrogens (tertiary/aromatic N) is 2. The highest BCUT2D eigenvalue weighted by Crippen LogP contribution is 2.49. The molecule has 4 atom stereocenters. The summed E-state index contributed by atoms with van der Waals surface area (Å²) in [4.78, 5) is 28.8. The number of carbonyl (C=O) groups is 1. The fourth-order valence-corrected chi connectivity index (χ4v) is 4.92. The van der Waals surface area contributed by atoms with Crippen molar-refractivity contribution >= 4 is 31.6 Å². The first kappa shape index (κ1) is 25.5. The van der Waals surface area contributed by atoms with Crippen molar-refractivity contribution in [3.05, 3.63) is 58.6 Å². The van der Waals surface area contributed by atoms with Gasteiger partial charge in [0, 0.05) is 11.8 Å². The van der Waals surface area contributed by atoms with E-state index in [1.165, 1.54) is 12.3 Å². The van der Waals surface area contributed by atoms with Gasteiger partial charge in [-0.25, -0.2) is 9.18 Å². The first-order valence-corrected chi connectivity index (χ1v) is 13.8. The summed E-state index contributed by atoms with van der Waals surface area (Å²) < 4.78 is 28.5. The van der Waals surface area contributed by atoms with Gasteiger partial charge >= 0.3 is 5.69 Å². The number of benzene rings is 1. The van der Waals surface area contributed by atoms with Crippen molar-refractivity contribution in [1.82, 2.24) is 9.55 Å². The van der Waals surface area contributed by atoms with E-state index in [4.69, 9.17) is 20.8 Å². The molecule has 2 unspecified atom stereocenters. The summed E-state index contributed by atoms with van der Waals surface area (Å²) in [5, 5.41) is 9.44. The maximum atomic E-state index is 15.9. The van der Waals surface area contributed by atoms with Gasteiger partial charge in [-0.1, -0.05) is 50.6 Å². The van der Waals surface area contributed by atoms with Crippen LogP contribution in [0.5, 0.6) is 0 Å². The van der Waals surface area contributed by atoms with Crippen molar-refractivity contribution < 1.29 is 23.5 Å². The molecular weight excluding hydrogens is 469 g/mol. The third kappa shape index (κ3) is 5.20. The van der Waals surface area contributed by atoms with Gasteiger partial charge in [-0.3, -0.25) is 9.36 Å². The third-order valence-electron chi connectivity index (χ3n) is 6.12. The van der Waals surface area contributed by atoms with E-state index in [1.807, 2.05) is 33.9 Å². The van der Waals surface area contributed by atoms with E-state index in [9.17, 15) is 14.7 Å². The molecule has 8 nitrogen and oxygen atoms in total. The van der Waals surface area contributed by atoms with Crippen LogP contribution in [0.2, 0.25) is 18.1 Å². The molecule has 2 aromatic rings. The topological polar surface area (TPSA) is 103 Å². The van der Waals surface area contributed by atoms with Crippen LogP contribution in [0.1, 0.15) is 37.4 Å². The Labute approximate surface area is 197 Å². The minimum atomic E-state index is -2.64. The molecule has 1 fully saturated rings. The van der Waals surface area contributed by atoms with Gasteiger partial charge in [-0.15, -0.1) is 0 Å². The molecule has 1 saturated heterocycles. The molecule has 0 spiro atoms. The summed E-state index contributed by atoms with van der Waals surface area (Å²) in [5.41, 5.74) is -0.485. The van der Waals surface area contributed by atoms with Crippen molar-refractivity contribution in [2.45, 2.75) is 62.5 Å². The number of carbonyl (C=O) groups excluding carboxylic acids is 1. The predicted molar refractivity (Wildman–Crippen MR) is 126 cm³/mol. The van der Waals surface area contributed by atoms with Crippen LogP contribution in [-0.2, 0) is 9.16 Å². The smallest absolute Gasteiger partial charge is 0.351 e. The van der Waals surface area contributed by atoms with Gasteiger partial charge in [0.05, 0.1) is 6.61 Å². The summed E-state index contributed by atoms with van der Waals surface area (Å²) >= 11 is 6.28. The van der Waals surface area contributed by atoms with E-state index < -0.39 is 50.1 Å². The van der Waals surface area contributed by atoms with Crippen LogP contribution in [-0.4, -0.2) is 52.8 Å². The van der Waals surface area contributed by atoms with Gasteiger partial charge in [0.15, 0.2) is 14.5 Å². The highest BCUT2D eigenvalue weighted by molar-refractivity contribution is 6.74. The molecule has 1 amide bonds. The number of amides is 1. The van der Waals surface area contributed by atoms with Crippen LogP contribution in [0.3, 0.4) is 0 Å². The Balaban J connectivity index is 1.85. The average molecular weight is 498 g/mol. The number of alkyl halides is 2. The molecular formula is C22H29ClFN3O5Si. The Morgan fingerprint density at radius 2 is 1.97 bits per heavy atom. The van der Waals surface area contributed by atoms with Gasteiger partial charge in [0.25, 0.3) is 11.0 Å². The second-order valence-corrected chi connectivity index (χ2v) is 14.8. The summed E-state index contributed by atoms with van der Waals surface area (Å²) in [6.07, 6.45) is -2.71.